The first-order valence-corrected chi connectivity index (χ1v) is 10.6. The minimum atomic E-state index is 0.0282. The van der Waals surface area contributed by atoms with Crippen LogP contribution >= 0.6 is 0 Å². The van der Waals surface area contributed by atoms with E-state index in [1.165, 1.54) is 30.4 Å². The Hall–Kier alpha value is -2.11. The van der Waals surface area contributed by atoms with Crippen LogP contribution in [0.5, 0.6) is 0 Å². The predicted octanol–water partition coefficient (Wildman–Crippen LogP) is 3.53. The van der Waals surface area contributed by atoms with E-state index in [1.54, 1.807) is 0 Å². The van der Waals surface area contributed by atoms with E-state index in [-0.39, 0.29) is 5.91 Å². The quantitative estimate of drug-likeness (QED) is 0.794. The largest absolute Gasteiger partial charge is 0.455 e. The molecule has 0 unspecified atom stereocenters. The summed E-state index contributed by atoms with van der Waals surface area (Å²) in [6.45, 7) is 9.52. The number of furan rings is 1. The summed E-state index contributed by atoms with van der Waals surface area (Å²) >= 11 is 0. The second-order valence-corrected chi connectivity index (χ2v) is 8.10. The maximum atomic E-state index is 12.8. The fraction of sp³-hybridized carbons (Fsp3) is 0.522. The number of carbonyl (C=O) groups is 1. The minimum Gasteiger partial charge on any atom is -0.455 e. The van der Waals surface area contributed by atoms with E-state index in [0.29, 0.717) is 5.76 Å². The molecule has 0 radical (unpaired) electrons. The van der Waals surface area contributed by atoms with E-state index >= 15 is 0 Å². The number of likely N-dealkylation sites (tertiary alicyclic amines) is 1. The summed E-state index contributed by atoms with van der Waals surface area (Å²) in [5, 5.41) is 0. The van der Waals surface area contributed by atoms with Crippen molar-refractivity contribution in [1.29, 1.82) is 0 Å². The summed E-state index contributed by atoms with van der Waals surface area (Å²) in [6, 6.07) is 12.4. The molecule has 28 heavy (non-hydrogen) atoms. The Morgan fingerprint density at radius 2 is 1.57 bits per heavy atom. The Morgan fingerprint density at radius 1 is 0.857 bits per heavy atom. The van der Waals surface area contributed by atoms with Gasteiger partial charge in [0.05, 0.1) is 6.54 Å². The van der Waals surface area contributed by atoms with Gasteiger partial charge in [-0.2, -0.15) is 0 Å². The summed E-state index contributed by atoms with van der Waals surface area (Å²) in [7, 11) is 0. The van der Waals surface area contributed by atoms with Gasteiger partial charge in [0.2, 0.25) is 0 Å². The maximum absolute atomic E-state index is 12.8. The van der Waals surface area contributed by atoms with Crippen molar-refractivity contribution < 1.29 is 9.21 Å². The predicted molar refractivity (Wildman–Crippen MR) is 110 cm³/mol. The summed E-state index contributed by atoms with van der Waals surface area (Å²) in [5.41, 5.74) is 2.70. The second kappa shape index (κ2) is 8.93. The second-order valence-electron chi connectivity index (χ2n) is 8.10. The van der Waals surface area contributed by atoms with Crippen molar-refractivity contribution in [3.05, 3.63) is 59.0 Å². The van der Waals surface area contributed by atoms with Crippen molar-refractivity contribution in [3.63, 3.8) is 0 Å². The topological polar surface area (TPSA) is 39.9 Å². The molecule has 2 aromatic rings. The molecule has 0 saturated carbocycles. The van der Waals surface area contributed by atoms with E-state index in [9.17, 15) is 4.79 Å². The summed E-state index contributed by atoms with van der Waals surface area (Å²) in [6.07, 6.45) is 3.85. The molecule has 3 heterocycles. The van der Waals surface area contributed by atoms with Gasteiger partial charge in [-0.1, -0.05) is 30.7 Å². The van der Waals surface area contributed by atoms with Crippen LogP contribution < -0.4 is 0 Å². The number of carbonyl (C=O) groups excluding carboxylic acids is 1. The highest BCUT2D eigenvalue weighted by Crippen LogP contribution is 2.18. The van der Waals surface area contributed by atoms with Crippen molar-refractivity contribution >= 4 is 5.91 Å². The molecule has 1 aromatic carbocycles. The Morgan fingerprint density at radius 3 is 2.32 bits per heavy atom. The Balaban J connectivity index is 1.28. The summed E-state index contributed by atoms with van der Waals surface area (Å²) in [5.74, 6) is 1.42. The van der Waals surface area contributed by atoms with Crippen molar-refractivity contribution in [1.82, 2.24) is 14.7 Å². The van der Waals surface area contributed by atoms with Gasteiger partial charge in [-0.3, -0.25) is 14.6 Å². The molecule has 1 aromatic heterocycles. The van der Waals surface area contributed by atoms with Crippen LogP contribution in [0, 0.1) is 6.92 Å². The molecule has 5 heteroatoms. The van der Waals surface area contributed by atoms with E-state index in [2.05, 4.69) is 41.0 Å². The zero-order chi connectivity index (χ0) is 19.3. The number of rotatable bonds is 5. The molecule has 2 aliphatic rings. The first-order chi connectivity index (χ1) is 13.7. The van der Waals surface area contributed by atoms with Gasteiger partial charge in [0.25, 0.3) is 5.91 Å². The van der Waals surface area contributed by atoms with Crippen LogP contribution in [-0.4, -0.2) is 59.9 Å². The monoisotopic (exact) mass is 381 g/mol. The Bertz CT molecular complexity index is 787. The Kier molecular flexibility index (Phi) is 6.13. The molecule has 0 atom stereocenters. The fourth-order valence-corrected chi connectivity index (χ4v) is 4.21. The van der Waals surface area contributed by atoms with Crippen LogP contribution in [0.4, 0.5) is 0 Å². The van der Waals surface area contributed by atoms with Gasteiger partial charge >= 0.3 is 0 Å². The molecular formula is C23H31N3O2. The van der Waals surface area contributed by atoms with Crippen molar-refractivity contribution in [2.75, 3.05) is 39.3 Å². The van der Waals surface area contributed by atoms with E-state index in [4.69, 9.17) is 4.42 Å². The average Bonchev–Trinajstić information content (AvgIpc) is 3.19. The van der Waals surface area contributed by atoms with Gasteiger partial charge in [0.1, 0.15) is 5.76 Å². The first kappa shape index (κ1) is 19.2. The lowest BCUT2D eigenvalue weighted by Gasteiger charge is -2.34. The van der Waals surface area contributed by atoms with Crippen LogP contribution in [0.15, 0.2) is 40.8 Å². The molecule has 2 saturated heterocycles. The maximum Gasteiger partial charge on any atom is 0.289 e. The van der Waals surface area contributed by atoms with Crippen LogP contribution in [-0.2, 0) is 13.1 Å². The van der Waals surface area contributed by atoms with E-state index in [1.807, 2.05) is 17.0 Å². The smallest absolute Gasteiger partial charge is 0.289 e. The van der Waals surface area contributed by atoms with Crippen molar-refractivity contribution in [2.45, 2.75) is 39.3 Å². The molecule has 0 spiro atoms. The highest BCUT2D eigenvalue weighted by Gasteiger charge is 2.25. The average molecular weight is 382 g/mol. The summed E-state index contributed by atoms with van der Waals surface area (Å²) in [4.78, 5) is 19.6. The van der Waals surface area contributed by atoms with Gasteiger partial charge in [-0.25, -0.2) is 0 Å². The summed E-state index contributed by atoms with van der Waals surface area (Å²) < 4.78 is 5.89. The number of piperidine rings is 1. The Labute approximate surface area is 167 Å². The van der Waals surface area contributed by atoms with Crippen LogP contribution in [0.1, 0.15) is 46.7 Å². The van der Waals surface area contributed by atoms with Crippen LogP contribution in [0.2, 0.25) is 0 Å². The number of hydrogen-bond acceptors (Lipinski definition) is 4. The van der Waals surface area contributed by atoms with E-state index in [0.717, 1.165) is 58.1 Å². The fourth-order valence-electron chi connectivity index (χ4n) is 4.21. The lowest BCUT2D eigenvalue weighted by atomic mass is 10.1. The normalized spacial score (nSPS) is 19.1. The number of hydrogen-bond donors (Lipinski definition) is 0. The van der Waals surface area contributed by atoms with Gasteiger partial charge in [-0.15, -0.1) is 0 Å². The molecule has 5 nitrogen and oxygen atoms in total. The molecule has 0 N–H and O–H groups in total. The van der Waals surface area contributed by atoms with Crippen molar-refractivity contribution in [3.8, 4) is 0 Å². The number of piperazine rings is 1. The highest BCUT2D eigenvalue weighted by molar-refractivity contribution is 5.91. The number of benzene rings is 1. The van der Waals surface area contributed by atoms with Gasteiger partial charge in [0, 0.05) is 32.7 Å². The number of nitrogens with zero attached hydrogens (tertiary/aromatic N) is 3. The zero-order valence-corrected chi connectivity index (χ0v) is 16.9. The molecule has 4 rings (SSSR count). The van der Waals surface area contributed by atoms with Gasteiger partial charge in [-0.05, 0) is 56.1 Å². The molecule has 2 fully saturated rings. The number of aryl methyl sites for hydroxylation is 1. The molecule has 2 aliphatic heterocycles. The molecule has 1 amide bonds. The van der Waals surface area contributed by atoms with Crippen LogP contribution in [0.25, 0.3) is 0 Å². The zero-order valence-electron chi connectivity index (χ0n) is 16.9. The van der Waals surface area contributed by atoms with Gasteiger partial charge in [0.15, 0.2) is 5.76 Å². The minimum absolute atomic E-state index is 0.0282. The first-order valence-electron chi connectivity index (χ1n) is 10.6. The lowest BCUT2D eigenvalue weighted by molar-refractivity contribution is 0.0593. The third-order valence-electron chi connectivity index (χ3n) is 6.02. The van der Waals surface area contributed by atoms with E-state index < -0.39 is 0 Å². The standard InChI is InChI=1S/C23H31N3O2/c1-19-7-3-4-8-20(19)17-25-13-15-26(16-14-25)23(27)22-10-9-21(28-22)18-24-11-5-2-6-12-24/h3-4,7-10H,2,5-6,11-18H2,1H3. The highest BCUT2D eigenvalue weighted by atomic mass is 16.4. The van der Waals surface area contributed by atoms with Crippen molar-refractivity contribution in [2.24, 2.45) is 0 Å². The molecule has 0 bridgehead atoms. The third kappa shape index (κ3) is 4.65. The molecule has 150 valence electrons. The lowest BCUT2D eigenvalue weighted by Crippen LogP contribution is -2.48. The molecule has 0 aliphatic carbocycles. The third-order valence-corrected chi connectivity index (χ3v) is 6.02. The number of amides is 1. The SMILES string of the molecule is Cc1ccccc1CN1CCN(C(=O)c2ccc(CN3CCCCC3)o2)CC1. The van der Waals surface area contributed by atoms with Gasteiger partial charge < -0.3 is 9.32 Å². The van der Waals surface area contributed by atoms with Crippen LogP contribution in [0.3, 0.4) is 0 Å². The molecular weight excluding hydrogens is 350 g/mol.